The summed E-state index contributed by atoms with van der Waals surface area (Å²) >= 11 is 0. The fourth-order valence-corrected chi connectivity index (χ4v) is 4.11. The SMILES string of the molecule is CON1CCC2(CC1)OC(=O)C(c1c(C)cc(C)cc1C)=C2OC(=O)C(C)C. The van der Waals surface area contributed by atoms with Gasteiger partial charge in [-0.25, -0.2) is 4.79 Å². The van der Waals surface area contributed by atoms with Crippen LogP contribution >= 0.6 is 0 Å². The molecule has 0 aliphatic carbocycles. The number of benzene rings is 1. The Labute approximate surface area is 166 Å². The van der Waals surface area contributed by atoms with Crippen LogP contribution in [0.5, 0.6) is 0 Å². The van der Waals surface area contributed by atoms with Gasteiger partial charge in [0.1, 0.15) is 5.57 Å². The van der Waals surface area contributed by atoms with E-state index in [4.69, 9.17) is 14.3 Å². The number of hydroxylamine groups is 2. The van der Waals surface area contributed by atoms with Crippen LogP contribution in [0.15, 0.2) is 17.9 Å². The summed E-state index contributed by atoms with van der Waals surface area (Å²) in [7, 11) is 1.62. The quantitative estimate of drug-likeness (QED) is 0.737. The molecule has 3 rings (SSSR count). The van der Waals surface area contributed by atoms with Crippen molar-refractivity contribution < 1.29 is 23.9 Å². The van der Waals surface area contributed by atoms with Gasteiger partial charge in [0.2, 0.25) is 0 Å². The number of aryl methyl sites for hydroxylation is 3. The van der Waals surface area contributed by atoms with Gasteiger partial charge in [0.25, 0.3) is 0 Å². The third-order valence-electron chi connectivity index (χ3n) is 5.52. The Hall–Kier alpha value is -2.18. The lowest BCUT2D eigenvalue weighted by molar-refractivity contribution is -0.185. The van der Waals surface area contributed by atoms with Crippen molar-refractivity contribution in [1.29, 1.82) is 0 Å². The molecule has 0 radical (unpaired) electrons. The van der Waals surface area contributed by atoms with Gasteiger partial charge >= 0.3 is 11.9 Å². The second kappa shape index (κ2) is 7.68. The first-order chi connectivity index (χ1) is 13.2. The van der Waals surface area contributed by atoms with E-state index in [2.05, 4.69) is 0 Å². The number of ether oxygens (including phenoxy) is 2. The summed E-state index contributed by atoms with van der Waals surface area (Å²) in [5, 5.41) is 1.82. The highest BCUT2D eigenvalue weighted by molar-refractivity contribution is 6.20. The minimum absolute atomic E-state index is 0.305. The molecule has 152 valence electrons. The molecule has 0 atom stereocenters. The van der Waals surface area contributed by atoms with Crippen LogP contribution in [0.4, 0.5) is 0 Å². The van der Waals surface area contributed by atoms with Crippen LogP contribution in [0.2, 0.25) is 0 Å². The molecule has 0 bridgehead atoms. The number of hydrogen-bond donors (Lipinski definition) is 0. The zero-order valence-corrected chi connectivity index (χ0v) is 17.5. The maximum Gasteiger partial charge on any atom is 0.343 e. The summed E-state index contributed by atoms with van der Waals surface area (Å²) in [6.45, 7) is 10.7. The Bertz CT molecular complexity index is 808. The topological polar surface area (TPSA) is 65.1 Å². The van der Waals surface area contributed by atoms with Crippen LogP contribution in [0.3, 0.4) is 0 Å². The van der Waals surface area contributed by atoms with Crippen LogP contribution < -0.4 is 0 Å². The minimum Gasteiger partial charge on any atom is -0.447 e. The Morgan fingerprint density at radius 1 is 1.14 bits per heavy atom. The van der Waals surface area contributed by atoms with E-state index in [1.54, 1.807) is 21.0 Å². The van der Waals surface area contributed by atoms with E-state index in [1.165, 1.54) is 0 Å². The fourth-order valence-electron chi connectivity index (χ4n) is 4.11. The van der Waals surface area contributed by atoms with E-state index < -0.39 is 11.6 Å². The lowest BCUT2D eigenvalue weighted by Crippen LogP contribution is -2.46. The van der Waals surface area contributed by atoms with E-state index in [9.17, 15) is 9.59 Å². The fraction of sp³-hybridized carbons (Fsp3) is 0.545. The van der Waals surface area contributed by atoms with E-state index in [-0.39, 0.29) is 11.9 Å². The van der Waals surface area contributed by atoms with Gasteiger partial charge in [0, 0.05) is 25.9 Å². The standard InChI is InChI=1S/C22H29NO5/c1-13(2)20(24)27-19-18(17-15(4)11-14(3)12-16(17)5)21(25)28-22(19)7-9-23(26-6)10-8-22/h11-13H,7-10H2,1-6H3. The summed E-state index contributed by atoms with van der Waals surface area (Å²) < 4.78 is 11.8. The first kappa shape index (κ1) is 20.6. The molecule has 0 saturated carbocycles. The third kappa shape index (κ3) is 3.59. The van der Waals surface area contributed by atoms with Crippen molar-refractivity contribution in [3.05, 3.63) is 40.1 Å². The summed E-state index contributed by atoms with van der Waals surface area (Å²) in [6, 6.07) is 4.06. The molecule has 2 heterocycles. The van der Waals surface area contributed by atoms with Gasteiger partial charge in [0.15, 0.2) is 11.4 Å². The summed E-state index contributed by atoms with van der Waals surface area (Å²) in [5.41, 5.74) is 3.32. The van der Waals surface area contributed by atoms with Crippen LogP contribution in [-0.2, 0) is 23.9 Å². The van der Waals surface area contributed by atoms with Gasteiger partial charge < -0.3 is 14.3 Å². The van der Waals surface area contributed by atoms with Crippen LogP contribution in [0.1, 0.15) is 48.9 Å². The van der Waals surface area contributed by atoms with Crippen LogP contribution in [-0.4, -0.2) is 42.8 Å². The average molecular weight is 387 g/mol. The Balaban J connectivity index is 2.15. The predicted molar refractivity (Wildman–Crippen MR) is 105 cm³/mol. The number of nitrogens with zero attached hydrogens (tertiary/aromatic N) is 1. The number of rotatable bonds is 4. The maximum absolute atomic E-state index is 13.0. The van der Waals surface area contributed by atoms with Gasteiger partial charge in [-0.1, -0.05) is 31.5 Å². The largest absolute Gasteiger partial charge is 0.447 e. The van der Waals surface area contributed by atoms with Crippen molar-refractivity contribution in [3.63, 3.8) is 0 Å². The lowest BCUT2D eigenvalue weighted by atomic mass is 9.86. The first-order valence-corrected chi connectivity index (χ1v) is 9.75. The van der Waals surface area contributed by atoms with Gasteiger partial charge in [-0.15, -0.1) is 0 Å². The monoisotopic (exact) mass is 387 g/mol. The van der Waals surface area contributed by atoms with Crippen molar-refractivity contribution >= 4 is 17.5 Å². The van der Waals surface area contributed by atoms with Gasteiger partial charge in [0.05, 0.1) is 13.0 Å². The van der Waals surface area contributed by atoms with Crippen molar-refractivity contribution in [2.45, 2.75) is 53.1 Å². The zero-order chi connectivity index (χ0) is 20.6. The average Bonchev–Trinajstić information content (AvgIpc) is 2.87. The summed E-state index contributed by atoms with van der Waals surface area (Å²) in [5.74, 6) is -0.725. The highest BCUT2D eigenvalue weighted by atomic mass is 16.7. The molecule has 2 aliphatic heterocycles. The van der Waals surface area contributed by atoms with Crippen LogP contribution in [0, 0.1) is 26.7 Å². The Kier molecular flexibility index (Phi) is 5.64. The third-order valence-corrected chi connectivity index (χ3v) is 5.52. The molecule has 28 heavy (non-hydrogen) atoms. The predicted octanol–water partition coefficient (Wildman–Crippen LogP) is 3.47. The molecule has 1 aromatic carbocycles. The van der Waals surface area contributed by atoms with E-state index in [0.717, 1.165) is 22.3 Å². The molecular weight excluding hydrogens is 358 g/mol. The van der Waals surface area contributed by atoms with Crippen molar-refractivity contribution in [2.75, 3.05) is 20.2 Å². The Morgan fingerprint density at radius 3 is 2.21 bits per heavy atom. The molecule has 6 heteroatoms. The summed E-state index contributed by atoms with van der Waals surface area (Å²) in [4.78, 5) is 30.8. The van der Waals surface area contributed by atoms with E-state index in [0.29, 0.717) is 37.3 Å². The maximum atomic E-state index is 13.0. The molecule has 0 N–H and O–H groups in total. The smallest absolute Gasteiger partial charge is 0.343 e. The highest BCUT2D eigenvalue weighted by Crippen LogP contribution is 2.46. The number of piperidine rings is 1. The molecule has 0 aromatic heterocycles. The molecule has 0 amide bonds. The highest BCUT2D eigenvalue weighted by Gasteiger charge is 2.52. The van der Waals surface area contributed by atoms with Crippen molar-refractivity contribution in [3.8, 4) is 0 Å². The number of esters is 2. The Morgan fingerprint density at radius 2 is 1.71 bits per heavy atom. The first-order valence-electron chi connectivity index (χ1n) is 9.75. The van der Waals surface area contributed by atoms with E-state index >= 15 is 0 Å². The zero-order valence-electron chi connectivity index (χ0n) is 17.5. The lowest BCUT2D eigenvalue weighted by Gasteiger charge is -2.37. The molecular formula is C22H29NO5. The molecule has 1 spiro atoms. The van der Waals surface area contributed by atoms with Gasteiger partial charge in [-0.3, -0.25) is 4.79 Å². The second-order valence-corrected chi connectivity index (χ2v) is 8.05. The molecule has 2 aliphatic rings. The molecule has 1 saturated heterocycles. The normalized spacial score (nSPS) is 19.5. The van der Waals surface area contributed by atoms with E-state index in [1.807, 2.05) is 38.0 Å². The van der Waals surface area contributed by atoms with Gasteiger partial charge in [-0.2, -0.15) is 5.06 Å². The van der Waals surface area contributed by atoms with Crippen molar-refractivity contribution in [1.82, 2.24) is 5.06 Å². The number of carbonyl (C=O) groups is 2. The summed E-state index contributed by atoms with van der Waals surface area (Å²) in [6.07, 6.45) is 1.03. The second-order valence-electron chi connectivity index (χ2n) is 8.05. The number of carbonyl (C=O) groups excluding carboxylic acids is 2. The minimum atomic E-state index is -0.921. The molecule has 0 unspecified atom stereocenters. The van der Waals surface area contributed by atoms with Gasteiger partial charge in [-0.05, 0) is 37.5 Å². The molecule has 1 aromatic rings. The van der Waals surface area contributed by atoms with Crippen molar-refractivity contribution in [2.24, 2.45) is 5.92 Å². The molecule has 1 fully saturated rings. The van der Waals surface area contributed by atoms with Crippen LogP contribution in [0.25, 0.3) is 5.57 Å². The molecule has 6 nitrogen and oxygen atoms in total. The number of hydrogen-bond acceptors (Lipinski definition) is 6.